The molecule has 0 bridgehead atoms. The summed E-state index contributed by atoms with van der Waals surface area (Å²) in [5.41, 5.74) is 1.82. The summed E-state index contributed by atoms with van der Waals surface area (Å²) in [5, 5.41) is 1.00. The maximum Gasteiger partial charge on any atom is 0.150 e. The van der Waals surface area contributed by atoms with Crippen LogP contribution >= 0.6 is 22.6 Å². The van der Waals surface area contributed by atoms with Gasteiger partial charge < -0.3 is 4.98 Å². The summed E-state index contributed by atoms with van der Waals surface area (Å²) in [7, 11) is 0. The summed E-state index contributed by atoms with van der Waals surface area (Å²) < 4.78 is 2.95. The van der Waals surface area contributed by atoms with Crippen molar-refractivity contribution >= 4 is 33.6 Å². The molecule has 0 aromatic carbocycles. The van der Waals surface area contributed by atoms with Crippen LogP contribution in [0.25, 0.3) is 16.9 Å². The van der Waals surface area contributed by atoms with Crippen LogP contribution in [0.15, 0.2) is 24.9 Å². The second kappa shape index (κ2) is 3.55. The Morgan fingerprint density at radius 3 is 2.94 bits per heavy atom. The fourth-order valence-corrected chi connectivity index (χ4v) is 2.20. The molecule has 5 nitrogen and oxygen atoms in total. The molecular formula is C10H8IN5. The number of imidazole rings is 1. The molecule has 0 spiro atoms. The summed E-state index contributed by atoms with van der Waals surface area (Å²) in [5.74, 6) is 0.852. The van der Waals surface area contributed by atoms with Crippen LogP contribution in [-0.2, 0) is 0 Å². The Balaban J connectivity index is 2.30. The van der Waals surface area contributed by atoms with Gasteiger partial charge in [0, 0.05) is 6.20 Å². The van der Waals surface area contributed by atoms with Gasteiger partial charge in [-0.1, -0.05) is 0 Å². The van der Waals surface area contributed by atoms with Crippen molar-refractivity contribution in [1.29, 1.82) is 0 Å². The number of hydrogen-bond acceptors (Lipinski definition) is 3. The highest BCUT2D eigenvalue weighted by molar-refractivity contribution is 14.1. The molecule has 0 aliphatic heterocycles. The number of rotatable bonds is 1. The molecular weight excluding hydrogens is 317 g/mol. The molecule has 1 N–H and O–H groups in total. The normalized spacial score (nSPS) is 11.1. The number of nitrogens with one attached hydrogen (secondary N) is 1. The van der Waals surface area contributed by atoms with Gasteiger partial charge in [0.25, 0.3) is 0 Å². The first-order valence-corrected chi connectivity index (χ1v) is 5.82. The Morgan fingerprint density at radius 1 is 1.31 bits per heavy atom. The van der Waals surface area contributed by atoms with Crippen LogP contribution in [0.3, 0.4) is 0 Å². The average Bonchev–Trinajstić information content (AvgIpc) is 2.82. The highest BCUT2D eigenvalue weighted by Gasteiger charge is 2.08. The first-order valence-electron chi connectivity index (χ1n) is 4.74. The quantitative estimate of drug-likeness (QED) is 0.697. The van der Waals surface area contributed by atoms with E-state index in [1.165, 1.54) is 0 Å². The van der Waals surface area contributed by atoms with Crippen LogP contribution in [0.5, 0.6) is 0 Å². The lowest BCUT2D eigenvalue weighted by Crippen LogP contribution is -1.95. The van der Waals surface area contributed by atoms with Gasteiger partial charge in [-0.15, -0.1) is 0 Å². The molecule has 3 rings (SSSR count). The Kier molecular flexibility index (Phi) is 2.16. The molecule has 6 heteroatoms. The maximum atomic E-state index is 4.29. The number of H-pyrrole nitrogens is 1. The fraction of sp³-hybridized carbons (Fsp3) is 0.100. The van der Waals surface area contributed by atoms with E-state index in [0.29, 0.717) is 0 Å². The van der Waals surface area contributed by atoms with Crippen molar-refractivity contribution in [2.24, 2.45) is 0 Å². The van der Waals surface area contributed by atoms with Crippen molar-refractivity contribution < 1.29 is 0 Å². The molecule has 0 saturated heterocycles. The number of halogens is 1. The van der Waals surface area contributed by atoms with E-state index in [4.69, 9.17) is 0 Å². The van der Waals surface area contributed by atoms with Crippen LogP contribution in [0.1, 0.15) is 5.69 Å². The minimum atomic E-state index is 0.848. The van der Waals surface area contributed by atoms with E-state index >= 15 is 0 Å². The van der Waals surface area contributed by atoms with Crippen LogP contribution < -0.4 is 0 Å². The smallest absolute Gasteiger partial charge is 0.150 e. The van der Waals surface area contributed by atoms with Crippen molar-refractivity contribution in [2.75, 3.05) is 0 Å². The van der Waals surface area contributed by atoms with Crippen molar-refractivity contribution in [3.8, 4) is 5.82 Å². The molecule has 16 heavy (non-hydrogen) atoms. The standard InChI is InChI=1S/C10H8IN5/c1-6-3-16(5-14-6)10-7-2-8(11)15-9(7)12-4-13-10/h2-5H,1H3,(H,12,13,15). The van der Waals surface area contributed by atoms with Crippen molar-refractivity contribution in [1.82, 2.24) is 24.5 Å². The lowest BCUT2D eigenvalue weighted by molar-refractivity contribution is 0.991. The van der Waals surface area contributed by atoms with E-state index in [1.807, 2.05) is 23.8 Å². The maximum absolute atomic E-state index is 4.29. The molecule has 80 valence electrons. The van der Waals surface area contributed by atoms with Crippen LogP contribution in [0.2, 0.25) is 0 Å². The largest absolute Gasteiger partial charge is 0.335 e. The van der Waals surface area contributed by atoms with E-state index in [0.717, 1.165) is 26.2 Å². The minimum Gasteiger partial charge on any atom is -0.335 e. The molecule has 0 radical (unpaired) electrons. The topological polar surface area (TPSA) is 59.4 Å². The minimum absolute atomic E-state index is 0.848. The lowest BCUT2D eigenvalue weighted by atomic mass is 10.4. The predicted molar refractivity (Wildman–Crippen MR) is 68.5 cm³/mol. The zero-order valence-corrected chi connectivity index (χ0v) is 10.6. The third-order valence-electron chi connectivity index (χ3n) is 2.33. The molecule has 0 amide bonds. The molecule has 0 unspecified atom stereocenters. The van der Waals surface area contributed by atoms with Crippen LogP contribution in [0.4, 0.5) is 0 Å². The van der Waals surface area contributed by atoms with E-state index in [1.54, 1.807) is 12.7 Å². The third-order valence-corrected chi connectivity index (χ3v) is 2.91. The predicted octanol–water partition coefficient (Wildman–Crippen LogP) is 2.06. The molecule has 3 heterocycles. The summed E-state index contributed by atoms with van der Waals surface area (Å²) in [6.07, 6.45) is 5.26. The van der Waals surface area contributed by atoms with E-state index in [-0.39, 0.29) is 0 Å². The first-order chi connectivity index (χ1) is 7.74. The Labute approximate surface area is 105 Å². The second-order valence-corrected chi connectivity index (χ2v) is 4.66. The number of fused-ring (bicyclic) bond motifs is 1. The number of aryl methyl sites for hydroxylation is 1. The Morgan fingerprint density at radius 2 is 2.19 bits per heavy atom. The fourth-order valence-electron chi connectivity index (χ4n) is 1.64. The van der Waals surface area contributed by atoms with Crippen molar-refractivity contribution in [2.45, 2.75) is 6.92 Å². The van der Waals surface area contributed by atoms with Crippen LogP contribution in [-0.4, -0.2) is 24.5 Å². The molecule has 0 atom stereocenters. The van der Waals surface area contributed by atoms with Gasteiger partial charge in [0.1, 0.15) is 18.3 Å². The Bertz CT molecular complexity index is 654. The van der Waals surface area contributed by atoms with Crippen molar-refractivity contribution in [3.05, 3.63) is 34.3 Å². The van der Waals surface area contributed by atoms with Gasteiger partial charge in [0.05, 0.1) is 14.8 Å². The molecule has 0 saturated carbocycles. The third kappa shape index (κ3) is 1.49. The van der Waals surface area contributed by atoms with Gasteiger partial charge >= 0.3 is 0 Å². The van der Waals surface area contributed by atoms with Gasteiger partial charge in [0.2, 0.25) is 0 Å². The van der Waals surface area contributed by atoms with Gasteiger partial charge in [-0.05, 0) is 35.6 Å². The number of aromatic nitrogens is 5. The summed E-state index contributed by atoms with van der Waals surface area (Å²) in [6.45, 7) is 1.95. The molecule has 3 aromatic rings. The highest BCUT2D eigenvalue weighted by atomic mass is 127. The average molecular weight is 325 g/mol. The molecule has 0 aliphatic rings. The summed E-state index contributed by atoms with van der Waals surface area (Å²) in [4.78, 5) is 15.9. The van der Waals surface area contributed by atoms with E-state index in [9.17, 15) is 0 Å². The van der Waals surface area contributed by atoms with Gasteiger partial charge in [-0.25, -0.2) is 15.0 Å². The first kappa shape index (κ1) is 9.76. The SMILES string of the molecule is Cc1cn(-c2ncnc3[nH]c(I)cc23)cn1. The number of hydrogen-bond donors (Lipinski definition) is 1. The van der Waals surface area contributed by atoms with Gasteiger partial charge in [0.15, 0.2) is 5.82 Å². The summed E-state index contributed by atoms with van der Waals surface area (Å²) >= 11 is 2.23. The number of nitrogens with zero attached hydrogens (tertiary/aromatic N) is 4. The lowest BCUT2D eigenvalue weighted by Gasteiger charge is -2.00. The zero-order valence-electron chi connectivity index (χ0n) is 8.48. The number of aromatic amines is 1. The van der Waals surface area contributed by atoms with Crippen molar-refractivity contribution in [3.63, 3.8) is 0 Å². The Hall–Kier alpha value is -1.44. The second-order valence-electron chi connectivity index (χ2n) is 3.50. The zero-order chi connectivity index (χ0) is 11.1. The molecule has 3 aromatic heterocycles. The summed E-state index contributed by atoms with van der Waals surface area (Å²) in [6, 6.07) is 2.03. The monoisotopic (exact) mass is 325 g/mol. The molecule has 0 aliphatic carbocycles. The van der Waals surface area contributed by atoms with Gasteiger partial charge in [-0.3, -0.25) is 4.57 Å². The van der Waals surface area contributed by atoms with E-state index in [2.05, 4.69) is 42.5 Å². The van der Waals surface area contributed by atoms with E-state index < -0.39 is 0 Å². The molecule has 0 fully saturated rings. The van der Waals surface area contributed by atoms with Gasteiger partial charge in [-0.2, -0.15) is 0 Å². The van der Waals surface area contributed by atoms with Crippen LogP contribution in [0, 0.1) is 10.6 Å². The highest BCUT2D eigenvalue weighted by Crippen LogP contribution is 2.20.